The van der Waals surface area contributed by atoms with Gasteiger partial charge in [0.15, 0.2) is 0 Å². The van der Waals surface area contributed by atoms with Crippen LogP contribution < -0.4 is 5.32 Å². The maximum Gasteiger partial charge on any atom is 0.0440 e. The van der Waals surface area contributed by atoms with Crippen LogP contribution in [0.2, 0.25) is 5.02 Å². The second-order valence-corrected chi connectivity index (χ2v) is 5.27. The average molecular weight is 248 g/mol. The minimum Gasteiger partial charge on any atom is -0.311 e. The third-order valence-electron chi connectivity index (χ3n) is 3.43. The van der Waals surface area contributed by atoms with Crippen molar-refractivity contribution in [1.82, 2.24) is 5.32 Å². The van der Waals surface area contributed by atoms with Crippen molar-refractivity contribution in [3.63, 3.8) is 0 Å². The van der Waals surface area contributed by atoms with Gasteiger partial charge in [-0.3, -0.25) is 0 Å². The first kappa shape index (κ1) is 12.5. The Balaban J connectivity index is 1.83. The van der Waals surface area contributed by atoms with Gasteiger partial charge >= 0.3 is 0 Å². The van der Waals surface area contributed by atoms with Gasteiger partial charge in [-0.05, 0) is 37.3 Å². The molecule has 1 nitrogen and oxygen atoms in total. The predicted octanol–water partition coefficient (Wildman–Crippen LogP) is 3.59. The smallest absolute Gasteiger partial charge is 0.0440 e. The molecule has 1 fully saturated rings. The molecular weight excluding hydrogens is 230 g/mol. The van der Waals surface area contributed by atoms with Gasteiger partial charge in [0.25, 0.3) is 0 Å². The molecule has 0 amide bonds. The minimum atomic E-state index is 0.414. The lowest BCUT2D eigenvalue weighted by Gasteiger charge is -2.38. The molecule has 0 saturated heterocycles. The molecule has 1 aliphatic rings. The zero-order valence-electron chi connectivity index (χ0n) is 10.1. The number of nitrogens with one attached hydrogen (secondary N) is 1. The number of rotatable bonds is 4. The molecule has 2 heteroatoms. The van der Waals surface area contributed by atoms with E-state index in [9.17, 15) is 0 Å². The Kier molecular flexibility index (Phi) is 4.10. The van der Waals surface area contributed by atoms with E-state index < -0.39 is 0 Å². The molecule has 17 heavy (non-hydrogen) atoms. The maximum absolute atomic E-state index is 6.19. The molecule has 2 rings (SSSR count). The third kappa shape index (κ3) is 3.03. The highest BCUT2D eigenvalue weighted by Crippen LogP contribution is 2.40. The number of hydrogen-bond donors (Lipinski definition) is 1. The van der Waals surface area contributed by atoms with E-state index in [4.69, 9.17) is 18.0 Å². The van der Waals surface area contributed by atoms with E-state index in [2.05, 4.69) is 30.3 Å². The SMILES string of the molecule is C#CCC(C)NC1CC(c2ccccc2Cl)C1. The largest absolute Gasteiger partial charge is 0.311 e. The predicted molar refractivity (Wildman–Crippen MR) is 73.3 cm³/mol. The molecule has 0 spiro atoms. The van der Waals surface area contributed by atoms with Crippen molar-refractivity contribution >= 4 is 11.6 Å². The molecule has 1 N–H and O–H groups in total. The van der Waals surface area contributed by atoms with E-state index in [-0.39, 0.29) is 0 Å². The highest BCUT2D eigenvalue weighted by atomic mass is 35.5. The summed E-state index contributed by atoms with van der Waals surface area (Å²) in [5.74, 6) is 3.30. The molecule has 1 unspecified atom stereocenters. The number of terminal acetylenes is 1. The topological polar surface area (TPSA) is 12.0 Å². The summed E-state index contributed by atoms with van der Waals surface area (Å²) < 4.78 is 0. The third-order valence-corrected chi connectivity index (χ3v) is 3.77. The Morgan fingerprint density at radius 3 is 2.82 bits per heavy atom. The molecule has 0 radical (unpaired) electrons. The summed E-state index contributed by atoms with van der Waals surface area (Å²) in [7, 11) is 0. The Morgan fingerprint density at radius 1 is 1.47 bits per heavy atom. The molecular formula is C15H18ClN. The quantitative estimate of drug-likeness (QED) is 0.802. The van der Waals surface area contributed by atoms with Gasteiger partial charge < -0.3 is 5.32 Å². The fourth-order valence-electron chi connectivity index (χ4n) is 2.45. The van der Waals surface area contributed by atoms with Crippen LogP contribution >= 0.6 is 11.6 Å². The summed E-state index contributed by atoms with van der Waals surface area (Å²) in [6.45, 7) is 2.14. The van der Waals surface area contributed by atoms with Gasteiger partial charge in [0, 0.05) is 23.5 Å². The highest BCUT2D eigenvalue weighted by molar-refractivity contribution is 6.31. The number of hydrogen-bond acceptors (Lipinski definition) is 1. The molecule has 1 aromatic carbocycles. The van der Waals surface area contributed by atoms with Gasteiger partial charge in [0.05, 0.1) is 0 Å². The minimum absolute atomic E-state index is 0.414. The average Bonchev–Trinajstić information content (AvgIpc) is 2.25. The van der Waals surface area contributed by atoms with E-state index >= 15 is 0 Å². The molecule has 1 saturated carbocycles. The molecule has 0 aromatic heterocycles. The van der Waals surface area contributed by atoms with Gasteiger partial charge in [0.2, 0.25) is 0 Å². The first-order valence-electron chi connectivity index (χ1n) is 6.14. The van der Waals surface area contributed by atoms with Crippen molar-refractivity contribution in [3.8, 4) is 12.3 Å². The van der Waals surface area contributed by atoms with E-state index in [0.717, 1.165) is 11.4 Å². The second-order valence-electron chi connectivity index (χ2n) is 4.86. The highest BCUT2D eigenvalue weighted by Gasteiger charge is 2.31. The summed E-state index contributed by atoms with van der Waals surface area (Å²) in [6.07, 6.45) is 8.42. The van der Waals surface area contributed by atoms with Gasteiger partial charge in [-0.25, -0.2) is 0 Å². The summed E-state index contributed by atoms with van der Waals surface area (Å²) >= 11 is 6.19. The molecule has 1 aliphatic carbocycles. The molecule has 90 valence electrons. The summed E-state index contributed by atoms with van der Waals surface area (Å²) in [5.41, 5.74) is 1.29. The van der Waals surface area contributed by atoms with Gasteiger partial charge in [-0.2, -0.15) is 0 Å². The normalized spacial score (nSPS) is 24.8. The van der Waals surface area contributed by atoms with Crippen molar-refractivity contribution < 1.29 is 0 Å². The summed E-state index contributed by atoms with van der Waals surface area (Å²) in [4.78, 5) is 0. The zero-order valence-corrected chi connectivity index (χ0v) is 10.9. The first-order valence-corrected chi connectivity index (χ1v) is 6.52. The Bertz CT molecular complexity index is 415. The maximum atomic E-state index is 6.19. The van der Waals surface area contributed by atoms with Crippen LogP contribution in [0.25, 0.3) is 0 Å². The Hall–Kier alpha value is -0.970. The zero-order chi connectivity index (χ0) is 12.3. The van der Waals surface area contributed by atoms with Crippen molar-refractivity contribution in [2.24, 2.45) is 0 Å². The van der Waals surface area contributed by atoms with Crippen LogP contribution in [0.5, 0.6) is 0 Å². The first-order chi connectivity index (χ1) is 8.20. The van der Waals surface area contributed by atoms with Crippen molar-refractivity contribution in [3.05, 3.63) is 34.9 Å². The molecule has 0 bridgehead atoms. The van der Waals surface area contributed by atoms with E-state index in [1.807, 2.05) is 12.1 Å². The fourth-order valence-corrected chi connectivity index (χ4v) is 2.74. The second kappa shape index (κ2) is 5.58. The molecule has 1 aromatic rings. The van der Waals surface area contributed by atoms with Crippen LogP contribution in [0.1, 0.15) is 37.7 Å². The van der Waals surface area contributed by atoms with Crippen molar-refractivity contribution in [2.45, 2.75) is 44.2 Å². The van der Waals surface area contributed by atoms with Crippen LogP contribution in [0.3, 0.4) is 0 Å². The van der Waals surface area contributed by atoms with E-state index in [1.165, 1.54) is 18.4 Å². The van der Waals surface area contributed by atoms with Crippen molar-refractivity contribution in [2.75, 3.05) is 0 Å². The van der Waals surface area contributed by atoms with Crippen LogP contribution in [-0.4, -0.2) is 12.1 Å². The van der Waals surface area contributed by atoms with Gasteiger partial charge in [-0.15, -0.1) is 12.3 Å². The lowest BCUT2D eigenvalue weighted by Crippen LogP contribution is -2.44. The molecule has 0 heterocycles. The monoisotopic (exact) mass is 247 g/mol. The van der Waals surface area contributed by atoms with Crippen LogP contribution in [0, 0.1) is 12.3 Å². The van der Waals surface area contributed by atoms with Crippen LogP contribution in [-0.2, 0) is 0 Å². The molecule has 0 aliphatic heterocycles. The van der Waals surface area contributed by atoms with Gasteiger partial charge in [-0.1, -0.05) is 29.8 Å². The van der Waals surface area contributed by atoms with Crippen LogP contribution in [0.15, 0.2) is 24.3 Å². The lowest BCUT2D eigenvalue weighted by molar-refractivity contribution is 0.271. The summed E-state index contributed by atoms with van der Waals surface area (Å²) in [6, 6.07) is 9.15. The fraction of sp³-hybridized carbons (Fsp3) is 0.467. The Morgan fingerprint density at radius 2 is 2.18 bits per heavy atom. The molecule has 1 atom stereocenters. The number of benzene rings is 1. The standard InChI is InChI=1S/C15H18ClN/c1-3-6-11(2)17-13-9-12(10-13)14-7-4-5-8-15(14)16/h1,4-5,7-8,11-13,17H,6,9-10H2,2H3. The van der Waals surface area contributed by atoms with E-state index in [1.54, 1.807) is 0 Å². The van der Waals surface area contributed by atoms with E-state index in [0.29, 0.717) is 18.0 Å². The summed E-state index contributed by atoms with van der Waals surface area (Å²) in [5, 5.41) is 4.45. The van der Waals surface area contributed by atoms with Crippen molar-refractivity contribution in [1.29, 1.82) is 0 Å². The number of halogens is 1. The lowest BCUT2D eigenvalue weighted by atomic mass is 9.75. The van der Waals surface area contributed by atoms with Gasteiger partial charge in [0.1, 0.15) is 0 Å². The van der Waals surface area contributed by atoms with Crippen LogP contribution in [0.4, 0.5) is 0 Å². The Labute approximate surface area is 109 Å².